The molecule has 3 saturated heterocycles. The standard InChI is InChI=1S/C14H22N2O3/c1-10(11-5-7-19-9-11)16-8-13(17)15-6-3-2-4-12(15)14(16)18/h10-12H,2-9H2,1H3. The highest BCUT2D eigenvalue weighted by Crippen LogP contribution is 2.28. The van der Waals surface area contributed by atoms with Gasteiger partial charge in [-0.1, -0.05) is 0 Å². The van der Waals surface area contributed by atoms with E-state index in [4.69, 9.17) is 4.74 Å². The van der Waals surface area contributed by atoms with Crippen molar-refractivity contribution in [2.75, 3.05) is 26.3 Å². The van der Waals surface area contributed by atoms with Gasteiger partial charge in [0.15, 0.2) is 0 Å². The summed E-state index contributed by atoms with van der Waals surface area (Å²) in [6.45, 7) is 4.56. The Balaban J connectivity index is 1.75. The molecule has 0 aromatic rings. The van der Waals surface area contributed by atoms with Gasteiger partial charge in [-0.05, 0) is 32.6 Å². The fraction of sp³-hybridized carbons (Fsp3) is 0.857. The first-order chi connectivity index (χ1) is 9.18. The first-order valence-corrected chi connectivity index (χ1v) is 7.36. The zero-order valence-electron chi connectivity index (χ0n) is 11.5. The van der Waals surface area contributed by atoms with Crippen molar-refractivity contribution in [2.24, 2.45) is 5.92 Å². The Labute approximate surface area is 113 Å². The molecule has 3 rings (SSSR count). The molecule has 0 spiro atoms. The zero-order chi connectivity index (χ0) is 13.4. The Hall–Kier alpha value is -1.10. The molecule has 0 radical (unpaired) electrons. The first kappa shape index (κ1) is 12.9. The number of piperazine rings is 1. The maximum Gasteiger partial charge on any atom is 0.246 e. The van der Waals surface area contributed by atoms with Crippen LogP contribution >= 0.6 is 0 Å². The Morgan fingerprint density at radius 2 is 2.11 bits per heavy atom. The van der Waals surface area contributed by atoms with Gasteiger partial charge >= 0.3 is 0 Å². The number of carbonyl (C=O) groups excluding carboxylic acids is 2. The molecule has 3 aliphatic heterocycles. The van der Waals surface area contributed by atoms with Gasteiger partial charge in [0.2, 0.25) is 11.8 Å². The van der Waals surface area contributed by atoms with Crippen LogP contribution in [-0.4, -0.2) is 60.0 Å². The number of hydrogen-bond acceptors (Lipinski definition) is 3. The molecule has 3 aliphatic rings. The van der Waals surface area contributed by atoms with Gasteiger partial charge in [-0.15, -0.1) is 0 Å². The van der Waals surface area contributed by atoms with Crippen molar-refractivity contribution in [3.63, 3.8) is 0 Å². The third kappa shape index (κ3) is 2.24. The zero-order valence-corrected chi connectivity index (χ0v) is 11.5. The summed E-state index contributed by atoms with van der Waals surface area (Å²) in [5, 5.41) is 0. The average molecular weight is 266 g/mol. The number of fused-ring (bicyclic) bond motifs is 1. The monoisotopic (exact) mass is 266 g/mol. The summed E-state index contributed by atoms with van der Waals surface area (Å²) in [5.41, 5.74) is 0. The van der Waals surface area contributed by atoms with Gasteiger partial charge in [0.25, 0.3) is 0 Å². The lowest BCUT2D eigenvalue weighted by molar-refractivity contribution is -0.160. The molecule has 19 heavy (non-hydrogen) atoms. The van der Waals surface area contributed by atoms with Gasteiger partial charge in [0.05, 0.1) is 6.61 Å². The largest absolute Gasteiger partial charge is 0.381 e. The summed E-state index contributed by atoms with van der Waals surface area (Å²) in [6.07, 6.45) is 3.90. The minimum atomic E-state index is -0.195. The molecule has 5 heteroatoms. The van der Waals surface area contributed by atoms with E-state index in [1.165, 1.54) is 0 Å². The lowest BCUT2D eigenvalue weighted by Crippen LogP contribution is -2.63. The van der Waals surface area contributed by atoms with E-state index in [2.05, 4.69) is 6.92 Å². The van der Waals surface area contributed by atoms with E-state index in [-0.39, 0.29) is 30.4 Å². The van der Waals surface area contributed by atoms with Crippen molar-refractivity contribution in [1.29, 1.82) is 0 Å². The molecular weight excluding hydrogens is 244 g/mol. The predicted octanol–water partition coefficient (Wildman–Crippen LogP) is 0.635. The molecule has 106 valence electrons. The van der Waals surface area contributed by atoms with E-state index in [0.717, 1.165) is 38.8 Å². The highest BCUT2D eigenvalue weighted by atomic mass is 16.5. The molecule has 3 heterocycles. The van der Waals surface area contributed by atoms with E-state index in [1.54, 1.807) is 9.80 Å². The number of hydrogen-bond donors (Lipinski definition) is 0. The van der Waals surface area contributed by atoms with Crippen LogP contribution in [0.5, 0.6) is 0 Å². The normalized spacial score (nSPS) is 33.5. The van der Waals surface area contributed by atoms with Crippen LogP contribution in [0.25, 0.3) is 0 Å². The van der Waals surface area contributed by atoms with Gasteiger partial charge in [-0.25, -0.2) is 0 Å². The number of carbonyl (C=O) groups is 2. The maximum atomic E-state index is 12.6. The highest BCUT2D eigenvalue weighted by molar-refractivity contribution is 5.95. The number of nitrogens with zero attached hydrogens (tertiary/aromatic N) is 2. The second-order valence-corrected chi connectivity index (χ2v) is 5.93. The number of rotatable bonds is 2. The van der Waals surface area contributed by atoms with Crippen molar-refractivity contribution in [3.05, 3.63) is 0 Å². The van der Waals surface area contributed by atoms with Gasteiger partial charge in [-0.2, -0.15) is 0 Å². The van der Waals surface area contributed by atoms with Crippen LogP contribution in [0.4, 0.5) is 0 Å². The van der Waals surface area contributed by atoms with E-state index < -0.39 is 0 Å². The summed E-state index contributed by atoms with van der Waals surface area (Å²) in [5.74, 6) is 0.653. The lowest BCUT2D eigenvalue weighted by atomic mass is 9.93. The second-order valence-electron chi connectivity index (χ2n) is 5.93. The molecule has 5 nitrogen and oxygen atoms in total. The number of amides is 2. The molecule has 0 aromatic carbocycles. The molecule has 0 aromatic heterocycles. The van der Waals surface area contributed by atoms with Crippen LogP contribution in [0.15, 0.2) is 0 Å². The van der Waals surface area contributed by atoms with Crippen LogP contribution in [-0.2, 0) is 14.3 Å². The Bertz CT molecular complexity index is 379. The molecule has 2 amide bonds. The molecular formula is C14H22N2O3. The minimum absolute atomic E-state index is 0.114. The van der Waals surface area contributed by atoms with Gasteiger partial charge in [-0.3, -0.25) is 9.59 Å². The Kier molecular flexibility index (Phi) is 3.48. The third-order valence-corrected chi connectivity index (χ3v) is 4.84. The Morgan fingerprint density at radius 3 is 2.84 bits per heavy atom. The minimum Gasteiger partial charge on any atom is -0.381 e. The number of ether oxygens (including phenoxy) is 1. The third-order valence-electron chi connectivity index (χ3n) is 4.84. The predicted molar refractivity (Wildman–Crippen MR) is 69.5 cm³/mol. The SMILES string of the molecule is CC(C1CCOC1)N1CC(=O)N2CCCCC2C1=O. The molecule has 0 N–H and O–H groups in total. The summed E-state index contributed by atoms with van der Waals surface area (Å²) < 4.78 is 5.40. The van der Waals surface area contributed by atoms with Crippen molar-refractivity contribution in [1.82, 2.24) is 9.80 Å². The topological polar surface area (TPSA) is 49.9 Å². The summed E-state index contributed by atoms with van der Waals surface area (Å²) in [4.78, 5) is 28.4. The van der Waals surface area contributed by atoms with Crippen LogP contribution in [0.2, 0.25) is 0 Å². The van der Waals surface area contributed by atoms with E-state index >= 15 is 0 Å². The van der Waals surface area contributed by atoms with Gasteiger partial charge in [0, 0.05) is 25.1 Å². The molecule has 3 unspecified atom stereocenters. The van der Waals surface area contributed by atoms with Crippen LogP contribution < -0.4 is 0 Å². The quantitative estimate of drug-likeness (QED) is 0.737. The lowest BCUT2D eigenvalue weighted by Gasteiger charge is -2.45. The van der Waals surface area contributed by atoms with Crippen molar-refractivity contribution >= 4 is 11.8 Å². The van der Waals surface area contributed by atoms with Crippen LogP contribution in [0, 0.1) is 5.92 Å². The van der Waals surface area contributed by atoms with Crippen molar-refractivity contribution in [3.8, 4) is 0 Å². The fourth-order valence-corrected chi connectivity index (χ4v) is 3.53. The molecule has 0 aliphatic carbocycles. The fourth-order valence-electron chi connectivity index (χ4n) is 3.53. The van der Waals surface area contributed by atoms with Crippen molar-refractivity contribution < 1.29 is 14.3 Å². The molecule has 0 bridgehead atoms. The van der Waals surface area contributed by atoms with Crippen LogP contribution in [0.3, 0.4) is 0 Å². The van der Waals surface area contributed by atoms with Gasteiger partial charge < -0.3 is 14.5 Å². The average Bonchev–Trinajstić information content (AvgIpc) is 2.96. The summed E-state index contributed by atoms with van der Waals surface area (Å²) >= 11 is 0. The van der Waals surface area contributed by atoms with Crippen LogP contribution in [0.1, 0.15) is 32.6 Å². The highest BCUT2D eigenvalue weighted by Gasteiger charge is 2.43. The van der Waals surface area contributed by atoms with E-state index in [9.17, 15) is 9.59 Å². The molecule has 3 atom stereocenters. The summed E-state index contributed by atoms with van der Waals surface area (Å²) in [6, 6.07) is -0.0807. The second kappa shape index (κ2) is 5.12. The number of piperidine rings is 1. The molecule has 3 fully saturated rings. The van der Waals surface area contributed by atoms with Gasteiger partial charge in [0.1, 0.15) is 12.6 Å². The van der Waals surface area contributed by atoms with E-state index in [1.807, 2.05) is 0 Å². The molecule has 0 saturated carbocycles. The maximum absolute atomic E-state index is 12.6. The smallest absolute Gasteiger partial charge is 0.246 e. The Morgan fingerprint density at radius 1 is 1.26 bits per heavy atom. The van der Waals surface area contributed by atoms with Crippen molar-refractivity contribution in [2.45, 2.75) is 44.7 Å². The summed E-state index contributed by atoms with van der Waals surface area (Å²) in [7, 11) is 0. The first-order valence-electron chi connectivity index (χ1n) is 7.36. The van der Waals surface area contributed by atoms with E-state index in [0.29, 0.717) is 12.5 Å².